The number of rotatable bonds is 4. The summed E-state index contributed by atoms with van der Waals surface area (Å²) < 4.78 is 24.8. The van der Waals surface area contributed by atoms with Crippen molar-refractivity contribution >= 4 is 17.8 Å². The van der Waals surface area contributed by atoms with E-state index in [-0.39, 0.29) is 30.3 Å². The summed E-state index contributed by atoms with van der Waals surface area (Å²) in [6.07, 6.45) is 5.65. The van der Waals surface area contributed by atoms with Gasteiger partial charge in [0.15, 0.2) is 0 Å². The van der Waals surface area contributed by atoms with Crippen LogP contribution in [0.5, 0.6) is 0 Å². The lowest BCUT2D eigenvalue weighted by Gasteiger charge is -2.42. The lowest BCUT2D eigenvalue weighted by atomic mass is 9.89. The van der Waals surface area contributed by atoms with Gasteiger partial charge in [0.25, 0.3) is 5.91 Å². The molecule has 32 heavy (non-hydrogen) atoms. The van der Waals surface area contributed by atoms with Crippen molar-refractivity contribution in [1.82, 2.24) is 9.80 Å². The molecule has 174 valence electrons. The van der Waals surface area contributed by atoms with Crippen LogP contribution >= 0.6 is 0 Å². The van der Waals surface area contributed by atoms with E-state index in [1.165, 1.54) is 24.3 Å². The van der Waals surface area contributed by atoms with Crippen LogP contribution < -0.4 is 0 Å². The van der Waals surface area contributed by atoms with Crippen LogP contribution in [0.15, 0.2) is 24.3 Å². The maximum absolute atomic E-state index is 13.6. The number of piperidine rings is 1. The Bertz CT molecular complexity index is 852. The fourth-order valence-electron chi connectivity index (χ4n) is 5.23. The molecule has 1 spiro atoms. The number of carbonyl (C=O) groups is 3. The molecule has 1 aromatic carbocycles. The molecule has 0 unspecified atom stereocenters. The minimum absolute atomic E-state index is 0.131. The highest BCUT2D eigenvalue weighted by atomic mass is 19.1. The lowest BCUT2D eigenvalue weighted by molar-refractivity contribution is -0.152. The van der Waals surface area contributed by atoms with Gasteiger partial charge in [-0.1, -0.05) is 6.42 Å². The topological polar surface area (TPSA) is 76.2 Å². The molecule has 1 saturated carbocycles. The first-order chi connectivity index (χ1) is 15.4. The maximum Gasteiger partial charge on any atom is 0.310 e. The molecule has 2 heterocycles. The van der Waals surface area contributed by atoms with Gasteiger partial charge in [0.05, 0.1) is 19.1 Å². The number of ether oxygens (including phenoxy) is 2. The van der Waals surface area contributed by atoms with Gasteiger partial charge in [0, 0.05) is 18.7 Å². The number of hydrogen-bond donors (Lipinski definition) is 0. The van der Waals surface area contributed by atoms with Gasteiger partial charge in [0.2, 0.25) is 5.91 Å². The molecule has 3 fully saturated rings. The number of likely N-dealkylation sites (tertiary alicyclic amines) is 1. The van der Waals surface area contributed by atoms with Crippen LogP contribution in [-0.2, 0) is 19.1 Å². The Kier molecular flexibility index (Phi) is 6.79. The normalized spacial score (nSPS) is 25.1. The molecular formula is C24H31FN2O5. The molecule has 2 atom stereocenters. The van der Waals surface area contributed by atoms with Crippen LogP contribution in [0.1, 0.15) is 62.2 Å². The Balaban J connectivity index is 1.58. The Morgan fingerprint density at radius 3 is 2.53 bits per heavy atom. The van der Waals surface area contributed by atoms with E-state index in [4.69, 9.17) is 9.47 Å². The Labute approximate surface area is 187 Å². The molecule has 0 bridgehead atoms. The van der Waals surface area contributed by atoms with Crippen molar-refractivity contribution in [2.24, 2.45) is 5.92 Å². The second-order valence-electron chi connectivity index (χ2n) is 8.89. The number of carbonyl (C=O) groups excluding carboxylic acids is 3. The van der Waals surface area contributed by atoms with Gasteiger partial charge < -0.3 is 14.4 Å². The maximum atomic E-state index is 13.6. The van der Waals surface area contributed by atoms with Gasteiger partial charge in [0.1, 0.15) is 17.6 Å². The first-order valence-electron chi connectivity index (χ1n) is 11.6. The zero-order chi connectivity index (χ0) is 22.7. The third kappa shape index (κ3) is 4.37. The van der Waals surface area contributed by atoms with Crippen LogP contribution in [0.2, 0.25) is 0 Å². The quantitative estimate of drug-likeness (QED) is 0.665. The number of benzene rings is 1. The molecule has 0 radical (unpaired) electrons. The molecule has 1 aliphatic carbocycles. The average Bonchev–Trinajstić information content (AvgIpc) is 3.17. The van der Waals surface area contributed by atoms with E-state index in [9.17, 15) is 18.8 Å². The number of nitrogens with zero attached hydrogens (tertiary/aromatic N) is 2. The summed E-state index contributed by atoms with van der Waals surface area (Å²) in [5, 5.41) is 0. The molecule has 2 aliphatic heterocycles. The minimum Gasteiger partial charge on any atom is -0.466 e. The van der Waals surface area contributed by atoms with E-state index < -0.39 is 17.6 Å². The van der Waals surface area contributed by atoms with Gasteiger partial charge >= 0.3 is 5.97 Å². The molecule has 4 rings (SSSR count). The van der Waals surface area contributed by atoms with Gasteiger partial charge in [-0.3, -0.25) is 19.3 Å². The van der Waals surface area contributed by atoms with Crippen molar-refractivity contribution in [3.63, 3.8) is 0 Å². The molecule has 0 aromatic heterocycles. The first-order valence-corrected chi connectivity index (χ1v) is 11.6. The van der Waals surface area contributed by atoms with Gasteiger partial charge in [-0.05, 0) is 69.7 Å². The van der Waals surface area contributed by atoms with E-state index in [1.807, 2.05) is 0 Å². The zero-order valence-electron chi connectivity index (χ0n) is 18.6. The SMILES string of the molecule is CCOC(=O)[C@@H]1CCCN(C(=O)[C@H]2COC3(CCCCC3)N2C(=O)c2ccc(F)cc2)C1. The summed E-state index contributed by atoms with van der Waals surface area (Å²) in [4.78, 5) is 42.7. The molecular weight excluding hydrogens is 415 g/mol. The average molecular weight is 447 g/mol. The Morgan fingerprint density at radius 2 is 1.84 bits per heavy atom. The largest absolute Gasteiger partial charge is 0.466 e. The molecule has 2 saturated heterocycles. The summed E-state index contributed by atoms with van der Waals surface area (Å²) in [6, 6.07) is 4.65. The molecule has 3 aliphatic rings. The van der Waals surface area contributed by atoms with Gasteiger partial charge in [-0.25, -0.2) is 4.39 Å². The predicted molar refractivity (Wildman–Crippen MR) is 114 cm³/mol. The van der Waals surface area contributed by atoms with Crippen molar-refractivity contribution in [3.05, 3.63) is 35.6 Å². The van der Waals surface area contributed by atoms with Crippen molar-refractivity contribution in [3.8, 4) is 0 Å². The second-order valence-corrected chi connectivity index (χ2v) is 8.89. The summed E-state index contributed by atoms with van der Waals surface area (Å²) >= 11 is 0. The van der Waals surface area contributed by atoms with Crippen molar-refractivity contribution in [2.45, 2.75) is 63.6 Å². The van der Waals surface area contributed by atoms with Crippen LogP contribution in [0.3, 0.4) is 0 Å². The molecule has 7 nitrogen and oxygen atoms in total. The van der Waals surface area contributed by atoms with Crippen molar-refractivity contribution in [1.29, 1.82) is 0 Å². The van der Waals surface area contributed by atoms with Crippen LogP contribution in [0.25, 0.3) is 0 Å². The van der Waals surface area contributed by atoms with Crippen LogP contribution in [0.4, 0.5) is 4.39 Å². The highest BCUT2D eigenvalue weighted by Crippen LogP contribution is 2.42. The number of hydrogen-bond acceptors (Lipinski definition) is 5. The zero-order valence-corrected chi connectivity index (χ0v) is 18.6. The molecule has 2 amide bonds. The predicted octanol–water partition coefficient (Wildman–Crippen LogP) is 3.13. The smallest absolute Gasteiger partial charge is 0.310 e. The highest BCUT2D eigenvalue weighted by Gasteiger charge is 2.54. The van der Waals surface area contributed by atoms with E-state index >= 15 is 0 Å². The summed E-state index contributed by atoms with van der Waals surface area (Å²) in [6.45, 7) is 3.03. The van der Waals surface area contributed by atoms with E-state index in [0.29, 0.717) is 50.9 Å². The standard InChI is InChI=1S/C24H31FN2O5/c1-2-31-23(30)18-7-6-14-26(15-18)22(29)20-16-32-24(12-4-3-5-13-24)27(20)21(28)17-8-10-19(25)11-9-17/h8-11,18,20H,2-7,12-16H2,1H3/t18-,20-/m1/s1. The minimum atomic E-state index is -0.805. The third-order valence-corrected chi connectivity index (χ3v) is 6.84. The Hall–Kier alpha value is -2.48. The number of amides is 2. The van der Waals surface area contributed by atoms with Crippen LogP contribution in [-0.4, -0.2) is 65.7 Å². The van der Waals surface area contributed by atoms with Gasteiger partial charge in [-0.15, -0.1) is 0 Å². The molecule has 1 aromatic rings. The summed E-state index contributed by atoms with van der Waals surface area (Å²) in [7, 11) is 0. The highest BCUT2D eigenvalue weighted by molar-refractivity contribution is 5.98. The fourth-order valence-corrected chi connectivity index (χ4v) is 5.23. The van der Waals surface area contributed by atoms with Gasteiger partial charge in [-0.2, -0.15) is 0 Å². The molecule has 8 heteroatoms. The Morgan fingerprint density at radius 1 is 1.12 bits per heavy atom. The van der Waals surface area contributed by atoms with E-state index in [0.717, 1.165) is 19.3 Å². The third-order valence-electron chi connectivity index (χ3n) is 6.84. The van der Waals surface area contributed by atoms with Crippen LogP contribution in [0, 0.1) is 11.7 Å². The van der Waals surface area contributed by atoms with E-state index in [1.54, 1.807) is 16.7 Å². The lowest BCUT2D eigenvalue weighted by Crippen LogP contribution is -2.58. The second kappa shape index (κ2) is 9.57. The number of halogens is 1. The summed E-state index contributed by atoms with van der Waals surface area (Å²) in [5.74, 6) is -1.56. The fraction of sp³-hybridized carbons (Fsp3) is 0.625. The first kappa shape index (κ1) is 22.7. The summed E-state index contributed by atoms with van der Waals surface area (Å²) in [5.41, 5.74) is -0.469. The van der Waals surface area contributed by atoms with E-state index in [2.05, 4.69) is 0 Å². The van der Waals surface area contributed by atoms with Crippen molar-refractivity contribution in [2.75, 3.05) is 26.3 Å². The monoisotopic (exact) mass is 446 g/mol. The molecule has 0 N–H and O–H groups in total. The number of esters is 1. The van der Waals surface area contributed by atoms with Crippen molar-refractivity contribution < 1.29 is 28.2 Å².